The van der Waals surface area contributed by atoms with Gasteiger partial charge in [0, 0.05) is 23.8 Å². The minimum Gasteiger partial charge on any atom is -0.467 e. The maximum atomic E-state index is 12.3. The maximum absolute atomic E-state index is 12.3. The van der Waals surface area contributed by atoms with Crippen LogP contribution in [0.1, 0.15) is 20.8 Å². The number of hydrogen-bond acceptors (Lipinski definition) is 5. The van der Waals surface area contributed by atoms with E-state index in [-0.39, 0.29) is 6.54 Å². The smallest absolute Gasteiger partial charge is 0.410 e. The van der Waals surface area contributed by atoms with Gasteiger partial charge in [0.05, 0.1) is 13.7 Å². The molecule has 1 saturated heterocycles. The lowest BCUT2D eigenvalue weighted by molar-refractivity contribution is -0.143. The predicted octanol–water partition coefficient (Wildman–Crippen LogP) is 2.94. The Bertz CT molecular complexity index is 598. The number of carbonyl (C=O) groups excluding carboxylic acids is 2. The van der Waals surface area contributed by atoms with E-state index in [9.17, 15) is 9.59 Å². The zero-order valence-corrected chi connectivity index (χ0v) is 15.2. The van der Waals surface area contributed by atoms with Crippen molar-refractivity contribution < 1.29 is 19.1 Å². The molecule has 0 aliphatic carbocycles. The van der Waals surface area contributed by atoms with E-state index in [1.165, 1.54) is 7.11 Å². The average molecular weight is 355 g/mol. The highest BCUT2D eigenvalue weighted by Crippen LogP contribution is 2.24. The van der Waals surface area contributed by atoms with E-state index in [1.54, 1.807) is 17.0 Å². The molecule has 0 spiro atoms. The van der Waals surface area contributed by atoms with Crippen molar-refractivity contribution in [3.8, 4) is 0 Å². The molecular formula is C17H23ClN2O4. The molecule has 1 aromatic rings. The molecule has 1 heterocycles. The molecule has 1 aromatic carbocycles. The summed E-state index contributed by atoms with van der Waals surface area (Å²) >= 11 is 5.92. The summed E-state index contributed by atoms with van der Waals surface area (Å²) in [4.78, 5) is 27.9. The Labute approximate surface area is 147 Å². The van der Waals surface area contributed by atoms with Gasteiger partial charge in [0.15, 0.2) is 0 Å². The first-order chi connectivity index (χ1) is 11.2. The Hall–Kier alpha value is -1.95. The van der Waals surface area contributed by atoms with Crippen LogP contribution in [0.4, 0.5) is 10.5 Å². The maximum Gasteiger partial charge on any atom is 0.410 e. The number of halogens is 1. The summed E-state index contributed by atoms with van der Waals surface area (Å²) in [7, 11) is 1.34. The van der Waals surface area contributed by atoms with Crippen LogP contribution in [0.3, 0.4) is 0 Å². The number of ether oxygens (including phenoxy) is 2. The third-order valence-corrected chi connectivity index (χ3v) is 3.92. The van der Waals surface area contributed by atoms with E-state index in [4.69, 9.17) is 21.1 Å². The molecule has 1 aliphatic rings. The third kappa shape index (κ3) is 4.54. The molecule has 0 saturated carbocycles. The molecule has 1 fully saturated rings. The first kappa shape index (κ1) is 18.4. The van der Waals surface area contributed by atoms with Crippen LogP contribution in [0.15, 0.2) is 24.3 Å². The SMILES string of the molecule is COC(=O)[C@H]1CN(C(=O)OC(C)(C)C)CCN1c1ccc(Cl)cc1. The Morgan fingerprint density at radius 3 is 2.33 bits per heavy atom. The third-order valence-electron chi connectivity index (χ3n) is 3.66. The van der Waals surface area contributed by atoms with Crippen molar-refractivity contribution in [3.63, 3.8) is 0 Å². The molecule has 7 heteroatoms. The highest BCUT2D eigenvalue weighted by Gasteiger charge is 2.36. The Kier molecular flexibility index (Phi) is 5.59. The van der Waals surface area contributed by atoms with Gasteiger partial charge in [-0.3, -0.25) is 0 Å². The Morgan fingerprint density at radius 2 is 1.79 bits per heavy atom. The van der Waals surface area contributed by atoms with E-state index in [0.717, 1.165) is 5.69 Å². The number of esters is 1. The number of rotatable bonds is 2. The normalized spacial score (nSPS) is 18.3. The first-order valence-corrected chi connectivity index (χ1v) is 8.17. The fourth-order valence-corrected chi connectivity index (χ4v) is 2.68. The van der Waals surface area contributed by atoms with Crippen molar-refractivity contribution in [2.75, 3.05) is 31.6 Å². The predicted molar refractivity (Wildman–Crippen MR) is 92.4 cm³/mol. The average Bonchev–Trinajstić information content (AvgIpc) is 2.52. The van der Waals surface area contributed by atoms with Crippen LogP contribution in [-0.2, 0) is 14.3 Å². The lowest BCUT2D eigenvalue weighted by Gasteiger charge is -2.41. The molecule has 0 unspecified atom stereocenters. The molecule has 1 aliphatic heterocycles. The quantitative estimate of drug-likeness (QED) is 0.764. The van der Waals surface area contributed by atoms with Gasteiger partial charge in [0.1, 0.15) is 11.6 Å². The number of nitrogens with zero attached hydrogens (tertiary/aromatic N) is 2. The van der Waals surface area contributed by atoms with Gasteiger partial charge in [0.2, 0.25) is 0 Å². The summed E-state index contributed by atoms with van der Waals surface area (Å²) in [6.45, 7) is 6.61. The van der Waals surface area contributed by atoms with Crippen molar-refractivity contribution in [2.24, 2.45) is 0 Å². The van der Waals surface area contributed by atoms with Gasteiger partial charge >= 0.3 is 12.1 Å². The van der Waals surface area contributed by atoms with Crippen molar-refractivity contribution in [3.05, 3.63) is 29.3 Å². The van der Waals surface area contributed by atoms with Crippen LogP contribution >= 0.6 is 11.6 Å². The summed E-state index contributed by atoms with van der Waals surface area (Å²) in [6.07, 6.45) is -0.424. The number of anilines is 1. The molecule has 6 nitrogen and oxygen atoms in total. The summed E-state index contributed by atoms with van der Waals surface area (Å²) in [5.41, 5.74) is 0.282. The molecule has 132 valence electrons. The molecule has 1 atom stereocenters. The van der Waals surface area contributed by atoms with Crippen LogP contribution < -0.4 is 4.90 Å². The summed E-state index contributed by atoms with van der Waals surface area (Å²) in [5, 5.41) is 0.626. The van der Waals surface area contributed by atoms with E-state index in [0.29, 0.717) is 18.1 Å². The fourth-order valence-electron chi connectivity index (χ4n) is 2.55. The first-order valence-electron chi connectivity index (χ1n) is 7.79. The van der Waals surface area contributed by atoms with Crippen LogP contribution in [0, 0.1) is 0 Å². The molecule has 0 bridgehead atoms. The van der Waals surface area contributed by atoms with E-state index >= 15 is 0 Å². The van der Waals surface area contributed by atoms with Crippen molar-refractivity contribution in [1.82, 2.24) is 4.90 Å². The number of piperazine rings is 1. The molecule has 2 rings (SSSR count). The molecule has 0 aromatic heterocycles. The number of amides is 1. The molecular weight excluding hydrogens is 332 g/mol. The molecule has 0 N–H and O–H groups in total. The lowest BCUT2D eigenvalue weighted by Crippen LogP contribution is -2.58. The monoisotopic (exact) mass is 354 g/mol. The van der Waals surface area contributed by atoms with Crippen LogP contribution in [0.5, 0.6) is 0 Å². The summed E-state index contributed by atoms with van der Waals surface area (Å²) in [5.74, 6) is -0.391. The number of carbonyl (C=O) groups is 2. The van der Waals surface area contributed by atoms with Gasteiger partial charge in [-0.15, -0.1) is 0 Å². The van der Waals surface area contributed by atoms with Crippen LogP contribution in [-0.4, -0.2) is 55.3 Å². The molecule has 0 radical (unpaired) electrons. The van der Waals surface area contributed by atoms with Crippen LogP contribution in [0.25, 0.3) is 0 Å². The summed E-state index contributed by atoms with van der Waals surface area (Å²) < 4.78 is 10.3. The lowest BCUT2D eigenvalue weighted by atomic mass is 10.1. The van der Waals surface area contributed by atoms with Gasteiger partial charge < -0.3 is 19.3 Å². The largest absolute Gasteiger partial charge is 0.467 e. The summed E-state index contributed by atoms with van der Waals surface area (Å²) in [6, 6.07) is 6.65. The van der Waals surface area contributed by atoms with Gasteiger partial charge in [-0.05, 0) is 45.0 Å². The Morgan fingerprint density at radius 1 is 1.17 bits per heavy atom. The van der Waals surface area contributed by atoms with E-state index in [1.807, 2.05) is 37.8 Å². The number of benzene rings is 1. The highest BCUT2D eigenvalue weighted by atomic mass is 35.5. The standard InChI is InChI=1S/C17H23ClN2O4/c1-17(2,3)24-16(22)19-9-10-20(14(11-19)15(21)23-4)13-7-5-12(18)6-8-13/h5-8,14H,9-11H2,1-4H3/t14-/m1/s1. The minimum atomic E-state index is -0.586. The van der Waals surface area contributed by atoms with Crippen LogP contribution in [0.2, 0.25) is 5.02 Å². The second-order valence-electron chi connectivity index (χ2n) is 6.64. The second kappa shape index (κ2) is 7.30. The van der Waals surface area contributed by atoms with Crippen molar-refractivity contribution in [1.29, 1.82) is 0 Å². The number of methoxy groups -OCH3 is 1. The highest BCUT2D eigenvalue weighted by molar-refractivity contribution is 6.30. The second-order valence-corrected chi connectivity index (χ2v) is 7.07. The van der Waals surface area contributed by atoms with Gasteiger partial charge in [0.25, 0.3) is 0 Å². The Balaban J connectivity index is 2.17. The number of hydrogen-bond donors (Lipinski definition) is 0. The fraction of sp³-hybridized carbons (Fsp3) is 0.529. The van der Waals surface area contributed by atoms with Crippen molar-refractivity contribution >= 4 is 29.4 Å². The van der Waals surface area contributed by atoms with Gasteiger partial charge in [-0.25, -0.2) is 9.59 Å². The zero-order chi connectivity index (χ0) is 17.9. The topological polar surface area (TPSA) is 59.1 Å². The van der Waals surface area contributed by atoms with E-state index < -0.39 is 23.7 Å². The van der Waals surface area contributed by atoms with Gasteiger partial charge in [-0.1, -0.05) is 11.6 Å². The van der Waals surface area contributed by atoms with E-state index in [2.05, 4.69) is 0 Å². The molecule has 24 heavy (non-hydrogen) atoms. The van der Waals surface area contributed by atoms with Crippen molar-refractivity contribution in [2.45, 2.75) is 32.4 Å². The zero-order valence-electron chi connectivity index (χ0n) is 14.4. The molecule has 1 amide bonds. The minimum absolute atomic E-state index is 0.213. The van der Waals surface area contributed by atoms with Gasteiger partial charge in [-0.2, -0.15) is 0 Å².